The number of hydrogen-bond acceptors (Lipinski definition) is 1. The molecule has 0 saturated carbocycles. The Morgan fingerprint density at radius 2 is 2.25 bits per heavy atom. The Labute approximate surface area is 23.8 Å². The third-order valence-corrected chi connectivity index (χ3v) is 0.0527. The van der Waals surface area contributed by atoms with Crippen LogP contribution in [0.3, 0.4) is 0 Å². The van der Waals surface area contributed by atoms with Gasteiger partial charge < -0.3 is 0 Å². The van der Waals surface area contributed by atoms with Crippen molar-refractivity contribution in [2.45, 2.75) is 0 Å². The standard InChI is InChI=1S/CH2N2O/c2-3-1-4/h1H,(H,3,4). The Morgan fingerprint density at radius 1 is 2.00 bits per heavy atom. The molecule has 0 rings (SSSR count). The number of hydrogen-bond donors (Lipinski definition) is 1. The lowest BCUT2D eigenvalue weighted by Crippen LogP contribution is -2.03. The van der Waals surface area contributed by atoms with Gasteiger partial charge in [0.05, 0.1) is 0 Å². The topological polar surface area (TPSA) is 51.4 Å². The van der Waals surface area contributed by atoms with Gasteiger partial charge in [0.15, 0.2) is 0 Å². The van der Waals surface area contributed by atoms with Gasteiger partial charge in [-0.25, -0.2) is 0 Å². The first-order chi connectivity index (χ1) is 1.91. The van der Waals surface area contributed by atoms with Crippen LogP contribution in [0.15, 0.2) is 0 Å². The zero-order valence-electron chi connectivity index (χ0n) is 1.93. The van der Waals surface area contributed by atoms with Crippen LogP contribution < -0.4 is 11.3 Å². The molecule has 0 aromatic rings. The molecule has 1 N–H and O–H groups in total. The summed E-state index contributed by atoms with van der Waals surface area (Å²) in [5.41, 5.74) is 1.25. The van der Waals surface area contributed by atoms with E-state index >= 15 is 0 Å². The maximum Gasteiger partial charge on any atom is 0.223 e. The average Bonchev–Trinajstić information content (AvgIpc) is 1.37. The van der Waals surface area contributed by atoms with Crippen LogP contribution in [0.2, 0.25) is 0 Å². The second kappa shape index (κ2) is 2.43. The van der Waals surface area contributed by atoms with E-state index in [2.05, 4.69) is 0 Å². The van der Waals surface area contributed by atoms with E-state index in [-0.39, 0.29) is 6.41 Å². The van der Waals surface area contributed by atoms with Gasteiger partial charge in [-0.05, 0) is 5.84 Å². The first-order valence-corrected chi connectivity index (χ1v) is 0.748. The molecule has 0 aliphatic rings. The van der Waals surface area contributed by atoms with Crippen LogP contribution in [-0.4, -0.2) is 6.41 Å². The molecule has 0 unspecified atom stereocenters. The molecule has 2 radical (unpaired) electrons. The van der Waals surface area contributed by atoms with Gasteiger partial charge in [-0.3, -0.25) is 10.2 Å². The minimum atomic E-state index is 0.181. The quantitative estimate of drug-likeness (QED) is 0.296. The molecule has 0 aliphatic heterocycles. The van der Waals surface area contributed by atoms with Crippen LogP contribution in [-0.2, 0) is 4.79 Å². The van der Waals surface area contributed by atoms with E-state index < -0.39 is 0 Å². The molecule has 0 spiro atoms. The Balaban J connectivity index is 2.30. The molecule has 0 saturated heterocycles. The van der Waals surface area contributed by atoms with E-state index in [1.165, 1.54) is 5.43 Å². The van der Waals surface area contributed by atoms with Gasteiger partial charge in [-0.15, -0.1) is 0 Å². The van der Waals surface area contributed by atoms with Gasteiger partial charge in [0.25, 0.3) is 0 Å². The van der Waals surface area contributed by atoms with Crippen LogP contribution in [0.4, 0.5) is 0 Å². The van der Waals surface area contributed by atoms with Crippen LogP contribution in [0.5, 0.6) is 0 Å². The minimum Gasteiger partial charge on any atom is -0.277 e. The van der Waals surface area contributed by atoms with E-state index in [4.69, 9.17) is 10.6 Å². The third kappa shape index (κ3) is 1.43. The predicted molar refractivity (Wildman–Crippen MR) is 11.3 cm³/mol. The molecule has 22 valence electrons. The van der Waals surface area contributed by atoms with E-state index in [1.807, 2.05) is 0 Å². The van der Waals surface area contributed by atoms with E-state index in [9.17, 15) is 0 Å². The Hall–Kier alpha value is -0.570. The number of carbonyl (C=O) groups is 1. The maximum atomic E-state index is 8.81. The van der Waals surface area contributed by atoms with Crippen molar-refractivity contribution in [1.82, 2.24) is 11.3 Å². The molecular weight excluding hydrogens is 56.0 g/mol. The lowest BCUT2D eigenvalue weighted by molar-refractivity contribution is -0.109. The summed E-state index contributed by atoms with van der Waals surface area (Å²) < 4.78 is 0. The highest BCUT2D eigenvalue weighted by Crippen LogP contribution is 1.05. The molecule has 0 aromatic heterocycles. The van der Waals surface area contributed by atoms with Crippen molar-refractivity contribution in [2.24, 2.45) is 0 Å². The molecule has 0 atom stereocenters. The van der Waals surface area contributed by atoms with Gasteiger partial charge in [0.1, 0.15) is 0 Å². The third-order valence-electron chi connectivity index (χ3n) is 0.0527. The highest BCUT2D eigenvalue weighted by molar-refractivity contribution is 5.44. The van der Waals surface area contributed by atoms with Gasteiger partial charge in [0, 0.05) is 0 Å². The van der Waals surface area contributed by atoms with Gasteiger partial charge in [0.2, 0.25) is 6.41 Å². The average molecular weight is 58.0 g/mol. The molecule has 3 nitrogen and oxygen atoms in total. The zero-order chi connectivity index (χ0) is 3.41. The minimum absolute atomic E-state index is 0.181. The second-order valence-electron chi connectivity index (χ2n) is 0.247. The molecule has 0 heterocycles. The number of nitrogens with zero attached hydrogens (tertiary/aromatic N) is 1. The molecule has 4 heavy (non-hydrogen) atoms. The first-order valence-electron chi connectivity index (χ1n) is 0.748. The fourth-order valence-electron chi connectivity index (χ4n) is 0. The van der Waals surface area contributed by atoms with Gasteiger partial charge in [-0.1, -0.05) is 0 Å². The maximum absolute atomic E-state index is 8.81. The summed E-state index contributed by atoms with van der Waals surface area (Å²) in [7, 11) is 0. The fourth-order valence-corrected chi connectivity index (χ4v) is 0. The van der Waals surface area contributed by atoms with Crippen molar-refractivity contribution < 1.29 is 4.79 Å². The number of rotatable bonds is 1. The molecule has 0 aliphatic carbocycles. The SMILES string of the molecule is [N]NC=O. The summed E-state index contributed by atoms with van der Waals surface area (Å²) in [6.45, 7) is 0. The predicted octanol–water partition coefficient (Wildman–Crippen LogP) is -1.28. The first kappa shape index (κ1) is 3.43. The summed E-state index contributed by atoms with van der Waals surface area (Å²) in [4.78, 5) is 8.81. The van der Waals surface area contributed by atoms with Crippen LogP contribution in [0.1, 0.15) is 0 Å². The van der Waals surface area contributed by atoms with Gasteiger partial charge in [-0.2, -0.15) is 0 Å². The molecule has 0 fully saturated rings. The summed E-state index contributed by atoms with van der Waals surface area (Å²) in [6, 6.07) is 0. The van der Waals surface area contributed by atoms with Crippen molar-refractivity contribution in [2.75, 3.05) is 0 Å². The Bertz CT molecular complexity index is 20.0. The second-order valence-corrected chi connectivity index (χ2v) is 0.247. The number of amides is 1. The number of nitrogens with one attached hydrogen (secondary N) is 1. The summed E-state index contributed by atoms with van der Waals surface area (Å²) in [5.74, 6) is 7.26. The van der Waals surface area contributed by atoms with E-state index in [0.29, 0.717) is 0 Å². The lowest BCUT2D eigenvalue weighted by atomic mass is 11.4. The monoisotopic (exact) mass is 58.0 g/mol. The molecule has 1 amide bonds. The van der Waals surface area contributed by atoms with Crippen molar-refractivity contribution in [3.63, 3.8) is 0 Å². The highest BCUT2D eigenvalue weighted by Gasteiger charge is 1.47. The Kier molecular flexibility index (Phi) is 2.08. The largest absolute Gasteiger partial charge is 0.277 e. The molecular formula is CH2N2O. The Morgan fingerprint density at radius 3 is 2.25 bits per heavy atom. The fraction of sp³-hybridized carbons (Fsp3) is 0. The number of carbonyl (C=O) groups excluding carboxylic acids is 1. The van der Waals surface area contributed by atoms with Crippen molar-refractivity contribution in [3.05, 3.63) is 0 Å². The van der Waals surface area contributed by atoms with Crippen LogP contribution in [0, 0.1) is 0 Å². The van der Waals surface area contributed by atoms with Crippen LogP contribution >= 0.6 is 0 Å². The van der Waals surface area contributed by atoms with Crippen molar-refractivity contribution in [3.8, 4) is 0 Å². The summed E-state index contributed by atoms with van der Waals surface area (Å²) >= 11 is 0. The summed E-state index contributed by atoms with van der Waals surface area (Å²) in [6.07, 6.45) is 0.181. The zero-order valence-corrected chi connectivity index (χ0v) is 1.93. The van der Waals surface area contributed by atoms with Crippen molar-refractivity contribution in [1.29, 1.82) is 0 Å². The molecule has 3 heteroatoms. The van der Waals surface area contributed by atoms with E-state index in [1.54, 1.807) is 0 Å². The normalized spacial score (nSPS) is 5.25. The molecule has 0 aromatic carbocycles. The lowest BCUT2D eigenvalue weighted by Gasteiger charge is -1.59. The van der Waals surface area contributed by atoms with Crippen molar-refractivity contribution >= 4 is 6.41 Å². The highest BCUT2D eigenvalue weighted by atomic mass is 16.1. The molecule has 0 bridgehead atoms. The van der Waals surface area contributed by atoms with Crippen LogP contribution in [0.25, 0.3) is 0 Å². The smallest absolute Gasteiger partial charge is 0.223 e. The van der Waals surface area contributed by atoms with E-state index in [0.717, 1.165) is 0 Å². The van der Waals surface area contributed by atoms with Gasteiger partial charge >= 0.3 is 0 Å². The summed E-state index contributed by atoms with van der Waals surface area (Å²) in [5, 5.41) is 0.